The van der Waals surface area contributed by atoms with Gasteiger partial charge in [0, 0.05) is 5.56 Å². The summed E-state index contributed by atoms with van der Waals surface area (Å²) in [6, 6.07) is 17.9. The predicted molar refractivity (Wildman–Crippen MR) is 108 cm³/mol. The number of thiophene rings is 1. The van der Waals surface area contributed by atoms with Crippen molar-refractivity contribution in [3.05, 3.63) is 87.6 Å². The van der Waals surface area contributed by atoms with Gasteiger partial charge in [-0.3, -0.25) is 4.79 Å². The van der Waals surface area contributed by atoms with Crippen molar-refractivity contribution >= 4 is 29.4 Å². The average molecular weight is 394 g/mol. The molecule has 1 amide bonds. The maximum atomic E-state index is 11.9. The van der Waals surface area contributed by atoms with Gasteiger partial charge in [-0.05, 0) is 41.3 Å². The highest BCUT2D eigenvalue weighted by molar-refractivity contribution is 7.12. The van der Waals surface area contributed by atoms with Crippen molar-refractivity contribution in [2.24, 2.45) is 5.10 Å². The Labute approximate surface area is 166 Å². The molecule has 0 aliphatic heterocycles. The van der Waals surface area contributed by atoms with Crippen LogP contribution < -0.4 is 10.2 Å². The molecular formula is C21H18N2O4S. The third-order valence-electron chi connectivity index (χ3n) is 3.80. The molecular weight excluding hydrogens is 376 g/mol. The summed E-state index contributed by atoms with van der Waals surface area (Å²) in [7, 11) is 1.35. The van der Waals surface area contributed by atoms with Crippen LogP contribution in [0.1, 0.15) is 31.2 Å². The van der Waals surface area contributed by atoms with Gasteiger partial charge in [0.15, 0.2) is 0 Å². The summed E-state index contributed by atoms with van der Waals surface area (Å²) in [4.78, 5) is 24.0. The molecule has 0 spiro atoms. The number of hydrogen-bond donors (Lipinski definition) is 1. The van der Waals surface area contributed by atoms with Crippen molar-refractivity contribution in [1.29, 1.82) is 0 Å². The molecule has 1 heterocycles. The summed E-state index contributed by atoms with van der Waals surface area (Å²) in [6.07, 6.45) is 1.54. The van der Waals surface area contributed by atoms with Crippen molar-refractivity contribution in [2.45, 2.75) is 6.61 Å². The zero-order valence-corrected chi connectivity index (χ0v) is 15.9. The maximum Gasteiger partial charge on any atom is 0.337 e. The second kappa shape index (κ2) is 9.48. The van der Waals surface area contributed by atoms with Crippen LogP contribution in [0.15, 0.2) is 71.1 Å². The fourth-order valence-electron chi connectivity index (χ4n) is 2.36. The van der Waals surface area contributed by atoms with Gasteiger partial charge in [0.2, 0.25) is 0 Å². The van der Waals surface area contributed by atoms with Gasteiger partial charge in [0.1, 0.15) is 12.4 Å². The number of esters is 1. The number of methoxy groups -OCH3 is 1. The lowest BCUT2D eigenvalue weighted by Gasteiger charge is -2.09. The Morgan fingerprint density at radius 3 is 2.57 bits per heavy atom. The van der Waals surface area contributed by atoms with Gasteiger partial charge in [-0.1, -0.05) is 30.3 Å². The molecule has 0 atom stereocenters. The summed E-state index contributed by atoms with van der Waals surface area (Å²) in [5, 5.41) is 5.84. The van der Waals surface area contributed by atoms with E-state index in [0.29, 0.717) is 22.8 Å². The normalized spacial score (nSPS) is 10.6. The second-order valence-electron chi connectivity index (χ2n) is 5.69. The molecule has 0 fully saturated rings. The van der Waals surface area contributed by atoms with Crippen molar-refractivity contribution in [2.75, 3.05) is 7.11 Å². The summed E-state index contributed by atoms with van der Waals surface area (Å²) < 4.78 is 10.5. The van der Waals surface area contributed by atoms with Gasteiger partial charge in [0.05, 0.1) is 23.8 Å². The first-order valence-corrected chi connectivity index (χ1v) is 9.31. The van der Waals surface area contributed by atoms with Gasteiger partial charge in [-0.2, -0.15) is 5.10 Å². The average Bonchev–Trinajstić information content (AvgIpc) is 3.28. The topological polar surface area (TPSA) is 77.0 Å². The molecule has 7 heteroatoms. The Balaban J connectivity index is 1.61. The smallest absolute Gasteiger partial charge is 0.337 e. The summed E-state index contributed by atoms with van der Waals surface area (Å²) in [6.45, 7) is 0.327. The SMILES string of the molecule is COC(=O)c1ccc(COc2ccccc2/C=N\NC(=O)c2cccs2)cc1. The van der Waals surface area contributed by atoms with E-state index in [2.05, 4.69) is 15.3 Å². The van der Waals surface area contributed by atoms with Crippen LogP contribution in [-0.4, -0.2) is 25.2 Å². The van der Waals surface area contributed by atoms with E-state index in [4.69, 9.17) is 4.74 Å². The fraction of sp³-hybridized carbons (Fsp3) is 0.0952. The molecule has 1 N–H and O–H groups in total. The van der Waals surface area contributed by atoms with Crippen LogP contribution in [0.5, 0.6) is 5.75 Å². The van der Waals surface area contributed by atoms with Gasteiger partial charge >= 0.3 is 5.97 Å². The highest BCUT2D eigenvalue weighted by atomic mass is 32.1. The van der Waals surface area contributed by atoms with Crippen molar-refractivity contribution in [3.63, 3.8) is 0 Å². The molecule has 0 saturated heterocycles. The van der Waals surface area contributed by atoms with Crippen molar-refractivity contribution in [1.82, 2.24) is 5.43 Å². The number of amides is 1. The number of hydrazone groups is 1. The van der Waals surface area contributed by atoms with E-state index in [1.54, 1.807) is 24.4 Å². The summed E-state index contributed by atoms with van der Waals surface area (Å²) >= 11 is 1.35. The molecule has 2 aromatic carbocycles. The van der Waals surface area contributed by atoms with Crippen molar-refractivity contribution in [3.8, 4) is 5.75 Å². The minimum Gasteiger partial charge on any atom is -0.488 e. The highest BCUT2D eigenvalue weighted by Gasteiger charge is 2.07. The lowest BCUT2D eigenvalue weighted by Crippen LogP contribution is -2.16. The molecule has 1 aromatic heterocycles. The van der Waals surface area contributed by atoms with E-state index >= 15 is 0 Å². The number of carbonyl (C=O) groups excluding carboxylic acids is 2. The fourth-order valence-corrected chi connectivity index (χ4v) is 2.97. The number of nitrogens with zero attached hydrogens (tertiary/aromatic N) is 1. The first-order chi connectivity index (χ1) is 13.7. The van der Waals surface area contributed by atoms with Gasteiger partial charge in [-0.25, -0.2) is 10.2 Å². The standard InChI is InChI=1S/C21H18N2O4S/c1-26-21(25)16-10-8-15(9-11-16)14-27-18-6-3-2-5-17(18)13-22-23-20(24)19-7-4-12-28-19/h2-13H,14H2,1H3,(H,23,24)/b22-13-. The summed E-state index contributed by atoms with van der Waals surface area (Å²) in [5.41, 5.74) is 4.63. The minimum atomic E-state index is -0.376. The number of benzene rings is 2. The van der Waals surface area contributed by atoms with Crippen LogP contribution in [-0.2, 0) is 11.3 Å². The molecule has 3 aromatic rings. The molecule has 0 saturated carbocycles. The molecule has 28 heavy (non-hydrogen) atoms. The van der Waals surface area contributed by atoms with Crippen LogP contribution >= 0.6 is 11.3 Å². The van der Waals surface area contributed by atoms with E-state index in [-0.39, 0.29) is 11.9 Å². The Hall–Kier alpha value is -3.45. The lowest BCUT2D eigenvalue weighted by molar-refractivity contribution is 0.0600. The quantitative estimate of drug-likeness (QED) is 0.375. The van der Waals surface area contributed by atoms with E-state index in [0.717, 1.165) is 11.1 Å². The number of carbonyl (C=O) groups is 2. The van der Waals surface area contributed by atoms with E-state index in [1.807, 2.05) is 47.8 Å². The lowest BCUT2D eigenvalue weighted by atomic mass is 10.1. The Bertz CT molecular complexity index is 966. The van der Waals surface area contributed by atoms with E-state index in [9.17, 15) is 9.59 Å². The van der Waals surface area contributed by atoms with Gasteiger partial charge in [-0.15, -0.1) is 11.3 Å². The number of para-hydroxylation sites is 1. The Kier molecular flexibility index (Phi) is 6.54. The van der Waals surface area contributed by atoms with Crippen LogP contribution in [0.3, 0.4) is 0 Å². The number of nitrogens with one attached hydrogen (secondary N) is 1. The Morgan fingerprint density at radius 1 is 1.07 bits per heavy atom. The number of ether oxygens (including phenoxy) is 2. The molecule has 0 aliphatic rings. The number of rotatable bonds is 7. The Morgan fingerprint density at radius 2 is 1.86 bits per heavy atom. The van der Waals surface area contributed by atoms with Crippen LogP contribution in [0.25, 0.3) is 0 Å². The molecule has 0 radical (unpaired) electrons. The monoisotopic (exact) mass is 394 g/mol. The van der Waals surface area contributed by atoms with Crippen LogP contribution in [0, 0.1) is 0 Å². The third-order valence-corrected chi connectivity index (χ3v) is 4.67. The summed E-state index contributed by atoms with van der Waals surface area (Å²) in [5.74, 6) is 0.00244. The first kappa shape index (κ1) is 19.3. The largest absolute Gasteiger partial charge is 0.488 e. The molecule has 6 nitrogen and oxygen atoms in total. The molecule has 3 rings (SSSR count). The third kappa shape index (κ3) is 5.05. The number of hydrogen-bond acceptors (Lipinski definition) is 6. The van der Waals surface area contributed by atoms with Crippen LogP contribution in [0.4, 0.5) is 0 Å². The van der Waals surface area contributed by atoms with Gasteiger partial charge in [0.25, 0.3) is 5.91 Å². The zero-order chi connectivity index (χ0) is 19.8. The second-order valence-corrected chi connectivity index (χ2v) is 6.64. The molecule has 0 aliphatic carbocycles. The van der Waals surface area contributed by atoms with Gasteiger partial charge < -0.3 is 9.47 Å². The van der Waals surface area contributed by atoms with E-state index < -0.39 is 0 Å². The molecule has 0 bridgehead atoms. The maximum absolute atomic E-state index is 11.9. The first-order valence-electron chi connectivity index (χ1n) is 8.43. The highest BCUT2D eigenvalue weighted by Crippen LogP contribution is 2.18. The molecule has 142 valence electrons. The van der Waals surface area contributed by atoms with Crippen LogP contribution in [0.2, 0.25) is 0 Å². The van der Waals surface area contributed by atoms with Crippen molar-refractivity contribution < 1.29 is 19.1 Å². The molecule has 0 unspecified atom stereocenters. The predicted octanol–water partition coefficient (Wildman–Crippen LogP) is 3.88. The van der Waals surface area contributed by atoms with E-state index in [1.165, 1.54) is 18.4 Å². The zero-order valence-electron chi connectivity index (χ0n) is 15.1. The minimum absolute atomic E-state index is 0.254.